The molecular formula is C13H10ClN3O. The SMILES string of the molecule is Cn1c(-c2cc(O)ccc2Cl)nc2cnccc21. The first-order valence-electron chi connectivity index (χ1n) is 5.42. The zero-order valence-electron chi connectivity index (χ0n) is 9.63. The predicted octanol–water partition coefficient (Wildman–Crippen LogP) is 2.99. The smallest absolute Gasteiger partial charge is 0.142 e. The number of pyridine rings is 1. The molecule has 0 amide bonds. The van der Waals surface area contributed by atoms with Crippen molar-refractivity contribution in [2.45, 2.75) is 0 Å². The highest BCUT2D eigenvalue weighted by Gasteiger charge is 2.13. The largest absolute Gasteiger partial charge is 0.508 e. The third-order valence-electron chi connectivity index (χ3n) is 2.87. The Balaban J connectivity index is 2.31. The monoisotopic (exact) mass is 259 g/mol. The molecule has 18 heavy (non-hydrogen) atoms. The molecule has 0 aliphatic heterocycles. The van der Waals surface area contributed by atoms with Crippen LogP contribution in [0.25, 0.3) is 22.4 Å². The number of fused-ring (bicyclic) bond motifs is 1. The van der Waals surface area contributed by atoms with Crippen molar-refractivity contribution in [3.8, 4) is 17.1 Å². The van der Waals surface area contributed by atoms with Crippen molar-refractivity contribution < 1.29 is 5.11 Å². The van der Waals surface area contributed by atoms with Crippen LogP contribution in [0.15, 0.2) is 36.7 Å². The van der Waals surface area contributed by atoms with E-state index in [1.54, 1.807) is 30.6 Å². The van der Waals surface area contributed by atoms with E-state index in [1.165, 1.54) is 0 Å². The van der Waals surface area contributed by atoms with Gasteiger partial charge < -0.3 is 9.67 Å². The fraction of sp³-hybridized carbons (Fsp3) is 0.0769. The van der Waals surface area contributed by atoms with Gasteiger partial charge in [-0.1, -0.05) is 11.6 Å². The average molecular weight is 260 g/mol. The van der Waals surface area contributed by atoms with Crippen molar-refractivity contribution in [3.63, 3.8) is 0 Å². The highest BCUT2D eigenvalue weighted by molar-refractivity contribution is 6.33. The first-order valence-corrected chi connectivity index (χ1v) is 5.80. The Hall–Kier alpha value is -2.07. The molecule has 0 bridgehead atoms. The van der Waals surface area contributed by atoms with Crippen LogP contribution in [0, 0.1) is 0 Å². The molecule has 0 fully saturated rings. The fourth-order valence-corrected chi connectivity index (χ4v) is 2.18. The van der Waals surface area contributed by atoms with Crippen LogP contribution < -0.4 is 0 Å². The van der Waals surface area contributed by atoms with Gasteiger partial charge in [-0.05, 0) is 24.3 Å². The Bertz CT molecular complexity index is 736. The molecule has 0 saturated carbocycles. The summed E-state index contributed by atoms with van der Waals surface area (Å²) in [6, 6.07) is 6.71. The Morgan fingerprint density at radius 1 is 1.28 bits per heavy atom. The molecule has 0 radical (unpaired) electrons. The molecule has 0 unspecified atom stereocenters. The Labute approximate surface area is 108 Å². The third-order valence-corrected chi connectivity index (χ3v) is 3.20. The van der Waals surface area contributed by atoms with E-state index in [4.69, 9.17) is 11.6 Å². The van der Waals surface area contributed by atoms with E-state index in [0.29, 0.717) is 16.4 Å². The second-order valence-electron chi connectivity index (χ2n) is 4.02. The van der Waals surface area contributed by atoms with E-state index in [0.717, 1.165) is 11.0 Å². The van der Waals surface area contributed by atoms with Crippen molar-refractivity contribution in [3.05, 3.63) is 41.7 Å². The minimum atomic E-state index is 0.166. The lowest BCUT2D eigenvalue weighted by Crippen LogP contribution is -1.93. The van der Waals surface area contributed by atoms with Gasteiger partial charge in [-0.2, -0.15) is 0 Å². The number of phenols is 1. The number of aromatic hydroxyl groups is 1. The standard InChI is InChI=1S/C13H10ClN3O/c1-17-12-4-5-15-7-11(12)16-13(17)9-6-8(18)2-3-10(9)14/h2-7,18H,1H3. The Morgan fingerprint density at radius 3 is 2.89 bits per heavy atom. The number of aryl methyl sites for hydroxylation is 1. The number of aromatic nitrogens is 3. The van der Waals surface area contributed by atoms with Crippen molar-refractivity contribution in [1.82, 2.24) is 14.5 Å². The molecule has 90 valence electrons. The lowest BCUT2D eigenvalue weighted by molar-refractivity contribution is 0.475. The number of imidazole rings is 1. The van der Waals surface area contributed by atoms with Gasteiger partial charge in [-0.15, -0.1) is 0 Å². The van der Waals surface area contributed by atoms with Gasteiger partial charge in [-0.25, -0.2) is 4.98 Å². The summed E-state index contributed by atoms with van der Waals surface area (Å²) >= 11 is 6.15. The maximum absolute atomic E-state index is 9.56. The predicted molar refractivity (Wildman–Crippen MR) is 70.6 cm³/mol. The maximum atomic E-state index is 9.56. The number of phenolic OH excluding ortho intramolecular Hbond substituents is 1. The summed E-state index contributed by atoms with van der Waals surface area (Å²) in [7, 11) is 1.91. The minimum Gasteiger partial charge on any atom is -0.508 e. The average Bonchev–Trinajstić information content (AvgIpc) is 2.71. The molecule has 3 aromatic rings. The summed E-state index contributed by atoms with van der Waals surface area (Å²) in [6.45, 7) is 0. The Morgan fingerprint density at radius 2 is 2.11 bits per heavy atom. The summed E-state index contributed by atoms with van der Waals surface area (Å²) in [6.07, 6.45) is 3.42. The first-order chi connectivity index (χ1) is 8.66. The van der Waals surface area contributed by atoms with Crippen LogP contribution in [0.1, 0.15) is 0 Å². The summed E-state index contributed by atoms with van der Waals surface area (Å²) < 4.78 is 1.93. The minimum absolute atomic E-state index is 0.166. The second kappa shape index (κ2) is 3.99. The Kier molecular flexibility index (Phi) is 2.45. The third kappa shape index (κ3) is 1.62. The van der Waals surface area contributed by atoms with Gasteiger partial charge >= 0.3 is 0 Å². The van der Waals surface area contributed by atoms with E-state index in [-0.39, 0.29) is 5.75 Å². The molecular weight excluding hydrogens is 250 g/mol. The fourth-order valence-electron chi connectivity index (χ4n) is 1.98. The number of hydrogen-bond donors (Lipinski definition) is 1. The van der Waals surface area contributed by atoms with Crippen LogP contribution in [0.3, 0.4) is 0 Å². The zero-order valence-corrected chi connectivity index (χ0v) is 10.4. The quantitative estimate of drug-likeness (QED) is 0.731. The maximum Gasteiger partial charge on any atom is 0.142 e. The molecule has 0 aliphatic rings. The van der Waals surface area contributed by atoms with Crippen molar-refractivity contribution >= 4 is 22.6 Å². The first kappa shape index (κ1) is 11.0. The zero-order chi connectivity index (χ0) is 12.7. The lowest BCUT2D eigenvalue weighted by atomic mass is 10.2. The molecule has 0 atom stereocenters. The summed E-state index contributed by atoms with van der Waals surface area (Å²) in [5, 5.41) is 10.1. The lowest BCUT2D eigenvalue weighted by Gasteiger charge is -2.05. The van der Waals surface area contributed by atoms with E-state index >= 15 is 0 Å². The summed E-state index contributed by atoms with van der Waals surface area (Å²) in [4.78, 5) is 8.53. The molecule has 0 saturated heterocycles. The molecule has 0 spiro atoms. The van der Waals surface area contributed by atoms with E-state index in [9.17, 15) is 5.11 Å². The number of nitrogens with zero attached hydrogens (tertiary/aromatic N) is 3. The van der Waals surface area contributed by atoms with E-state index in [2.05, 4.69) is 9.97 Å². The van der Waals surface area contributed by atoms with Crippen LogP contribution in [0.5, 0.6) is 5.75 Å². The molecule has 0 aliphatic carbocycles. The molecule has 2 aromatic heterocycles. The van der Waals surface area contributed by atoms with E-state index < -0.39 is 0 Å². The van der Waals surface area contributed by atoms with Gasteiger partial charge in [0.05, 0.1) is 16.7 Å². The van der Waals surface area contributed by atoms with Gasteiger partial charge in [0.2, 0.25) is 0 Å². The molecule has 1 N–H and O–H groups in total. The molecule has 5 heteroatoms. The van der Waals surface area contributed by atoms with Gasteiger partial charge in [0.15, 0.2) is 0 Å². The van der Waals surface area contributed by atoms with Gasteiger partial charge in [0.25, 0.3) is 0 Å². The van der Waals surface area contributed by atoms with Crippen molar-refractivity contribution in [1.29, 1.82) is 0 Å². The number of rotatable bonds is 1. The highest BCUT2D eigenvalue weighted by Crippen LogP contribution is 2.31. The number of hydrogen-bond acceptors (Lipinski definition) is 3. The van der Waals surface area contributed by atoms with Gasteiger partial charge in [-0.3, -0.25) is 4.98 Å². The number of halogens is 1. The van der Waals surface area contributed by atoms with Crippen LogP contribution in [-0.2, 0) is 7.05 Å². The molecule has 2 heterocycles. The summed E-state index contributed by atoms with van der Waals surface area (Å²) in [5.74, 6) is 0.874. The topological polar surface area (TPSA) is 50.9 Å². The molecule has 4 nitrogen and oxygen atoms in total. The highest BCUT2D eigenvalue weighted by atomic mass is 35.5. The van der Waals surface area contributed by atoms with Crippen molar-refractivity contribution in [2.75, 3.05) is 0 Å². The van der Waals surface area contributed by atoms with E-state index in [1.807, 2.05) is 17.7 Å². The molecule has 1 aromatic carbocycles. The van der Waals surface area contributed by atoms with Crippen LogP contribution in [-0.4, -0.2) is 19.6 Å². The normalized spacial score (nSPS) is 11.0. The number of benzene rings is 1. The van der Waals surface area contributed by atoms with Crippen molar-refractivity contribution in [2.24, 2.45) is 7.05 Å². The van der Waals surface area contributed by atoms with Crippen LogP contribution >= 0.6 is 11.6 Å². The van der Waals surface area contributed by atoms with Gasteiger partial charge in [0.1, 0.15) is 17.1 Å². The van der Waals surface area contributed by atoms with Crippen LogP contribution in [0.2, 0.25) is 5.02 Å². The van der Waals surface area contributed by atoms with Gasteiger partial charge in [0, 0.05) is 18.8 Å². The molecule has 3 rings (SSSR count). The summed E-state index contributed by atoms with van der Waals surface area (Å²) in [5.41, 5.74) is 2.48. The second-order valence-corrected chi connectivity index (χ2v) is 4.43. The van der Waals surface area contributed by atoms with Crippen LogP contribution in [0.4, 0.5) is 0 Å².